The van der Waals surface area contributed by atoms with E-state index in [9.17, 15) is 4.79 Å². The highest BCUT2D eigenvalue weighted by molar-refractivity contribution is 5.66. The quantitative estimate of drug-likeness (QED) is 0.793. The molecule has 0 saturated carbocycles. The van der Waals surface area contributed by atoms with Gasteiger partial charge in [0.25, 0.3) is 0 Å². The zero-order chi connectivity index (χ0) is 11.4. The summed E-state index contributed by atoms with van der Waals surface area (Å²) in [5.41, 5.74) is 1.02. The average molecular weight is 223 g/mol. The molecule has 1 aliphatic heterocycles. The number of aryl methyl sites for hydroxylation is 1. The van der Waals surface area contributed by atoms with Crippen molar-refractivity contribution in [1.29, 1.82) is 0 Å². The fraction of sp³-hybridized carbons (Fsp3) is 0.636. The molecule has 0 radical (unpaired) electrons. The van der Waals surface area contributed by atoms with Crippen LogP contribution in [-0.2, 0) is 11.2 Å². The molecule has 1 aromatic rings. The summed E-state index contributed by atoms with van der Waals surface area (Å²) < 4.78 is 1.98. The first-order valence-corrected chi connectivity index (χ1v) is 5.72. The van der Waals surface area contributed by atoms with Crippen LogP contribution in [-0.4, -0.2) is 33.9 Å². The van der Waals surface area contributed by atoms with Gasteiger partial charge in [-0.3, -0.25) is 9.48 Å². The molecule has 2 heterocycles. The largest absolute Gasteiger partial charge is 0.481 e. The first-order valence-electron chi connectivity index (χ1n) is 5.72. The lowest BCUT2D eigenvalue weighted by Crippen LogP contribution is -2.32. The number of hydrogen-bond donors (Lipinski definition) is 2. The molecule has 88 valence electrons. The van der Waals surface area contributed by atoms with E-state index in [-0.39, 0.29) is 6.42 Å². The summed E-state index contributed by atoms with van der Waals surface area (Å²) in [5, 5.41) is 16.3. The molecule has 0 aromatic carbocycles. The van der Waals surface area contributed by atoms with Crippen molar-refractivity contribution in [2.45, 2.75) is 31.7 Å². The molecular weight excluding hydrogens is 206 g/mol. The van der Waals surface area contributed by atoms with E-state index in [1.807, 2.05) is 10.7 Å². The normalized spacial score (nSPS) is 20.9. The van der Waals surface area contributed by atoms with Crippen molar-refractivity contribution in [3.05, 3.63) is 18.0 Å². The van der Waals surface area contributed by atoms with E-state index in [2.05, 4.69) is 10.4 Å². The number of piperidine rings is 1. The van der Waals surface area contributed by atoms with Crippen LogP contribution in [0.5, 0.6) is 0 Å². The van der Waals surface area contributed by atoms with Crippen LogP contribution in [0.25, 0.3) is 0 Å². The predicted octanol–water partition coefficient (Wildman–Crippen LogP) is 0.825. The van der Waals surface area contributed by atoms with Crippen LogP contribution in [0.2, 0.25) is 0 Å². The maximum atomic E-state index is 10.5. The zero-order valence-electron chi connectivity index (χ0n) is 9.22. The average Bonchev–Trinajstić information content (AvgIpc) is 2.75. The van der Waals surface area contributed by atoms with E-state index in [0.29, 0.717) is 12.5 Å². The lowest BCUT2D eigenvalue weighted by Gasteiger charge is -2.24. The van der Waals surface area contributed by atoms with Crippen molar-refractivity contribution in [1.82, 2.24) is 15.1 Å². The smallest absolute Gasteiger partial charge is 0.303 e. The molecular formula is C11H17N3O2. The summed E-state index contributed by atoms with van der Waals surface area (Å²) in [6.45, 7) is 2.00. The minimum Gasteiger partial charge on any atom is -0.481 e. The molecule has 5 heteroatoms. The van der Waals surface area contributed by atoms with Gasteiger partial charge in [0.05, 0.1) is 12.5 Å². The van der Waals surface area contributed by atoms with Crippen LogP contribution in [0.3, 0.4) is 0 Å². The van der Waals surface area contributed by atoms with Crippen LogP contribution in [0.4, 0.5) is 0 Å². The molecule has 2 rings (SSSR count). The summed E-state index contributed by atoms with van der Waals surface area (Å²) in [5.74, 6) is -0.755. The van der Waals surface area contributed by atoms with E-state index in [4.69, 9.17) is 5.11 Å². The Morgan fingerprint density at radius 2 is 2.56 bits per heavy atom. The molecule has 1 aromatic heterocycles. The second-order valence-corrected chi connectivity index (χ2v) is 4.16. The highest BCUT2D eigenvalue weighted by Gasteiger charge is 2.17. The standard InChI is InChI=1S/C11H17N3O2/c15-11(16)4-3-9-5-7-13-14(9)10-2-1-6-12-8-10/h5,7,10,12H,1-4,6,8H2,(H,15,16). The van der Waals surface area contributed by atoms with Gasteiger partial charge >= 0.3 is 5.97 Å². The summed E-state index contributed by atoms with van der Waals surface area (Å²) in [7, 11) is 0. The molecule has 1 saturated heterocycles. The van der Waals surface area contributed by atoms with Crippen LogP contribution in [0.15, 0.2) is 12.3 Å². The van der Waals surface area contributed by atoms with Crippen LogP contribution in [0.1, 0.15) is 31.0 Å². The summed E-state index contributed by atoms with van der Waals surface area (Å²) in [4.78, 5) is 10.5. The third-order valence-electron chi connectivity index (χ3n) is 2.96. The third kappa shape index (κ3) is 2.61. The van der Waals surface area contributed by atoms with E-state index in [1.165, 1.54) is 0 Å². The maximum absolute atomic E-state index is 10.5. The molecule has 1 fully saturated rings. The topological polar surface area (TPSA) is 67.1 Å². The van der Waals surface area contributed by atoms with Crippen molar-refractivity contribution in [3.8, 4) is 0 Å². The van der Waals surface area contributed by atoms with E-state index >= 15 is 0 Å². The maximum Gasteiger partial charge on any atom is 0.303 e. The minimum atomic E-state index is -0.755. The van der Waals surface area contributed by atoms with Gasteiger partial charge in [0.1, 0.15) is 0 Å². The van der Waals surface area contributed by atoms with Gasteiger partial charge in [0, 0.05) is 18.4 Å². The van der Waals surface area contributed by atoms with Gasteiger partial charge in [-0.1, -0.05) is 0 Å². The van der Waals surface area contributed by atoms with Crippen molar-refractivity contribution in [2.24, 2.45) is 0 Å². The van der Waals surface area contributed by atoms with Gasteiger partial charge < -0.3 is 10.4 Å². The van der Waals surface area contributed by atoms with Crippen molar-refractivity contribution >= 4 is 5.97 Å². The van der Waals surface area contributed by atoms with Crippen LogP contribution >= 0.6 is 0 Å². The van der Waals surface area contributed by atoms with E-state index in [1.54, 1.807) is 6.20 Å². The molecule has 0 spiro atoms. The van der Waals surface area contributed by atoms with Crippen LogP contribution in [0, 0.1) is 0 Å². The Morgan fingerprint density at radius 3 is 3.25 bits per heavy atom. The Kier molecular flexibility index (Phi) is 3.56. The fourth-order valence-corrected chi connectivity index (χ4v) is 2.15. The van der Waals surface area contributed by atoms with Crippen molar-refractivity contribution in [3.63, 3.8) is 0 Å². The minimum absolute atomic E-state index is 0.172. The van der Waals surface area contributed by atoms with Gasteiger partial charge in [-0.2, -0.15) is 5.10 Å². The monoisotopic (exact) mass is 223 g/mol. The van der Waals surface area contributed by atoms with Gasteiger partial charge in [-0.15, -0.1) is 0 Å². The van der Waals surface area contributed by atoms with Gasteiger partial charge in [-0.05, 0) is 31.9 Å². The number of carboxylic acids is 1. The third-order valence-corrected chi connectivity index (χ3v) is 2.96. The zero-order valence-corrected chi connectivity index (χ0v) is 9.22. The second-order valence-electron chi connectivity index (χ2n) is 4.16. The SMILES string of the molecule is O=C(O)CCc1ccnn1C1CCCNC1. The molecule has 0 amide bonds. The Hall–Kier alpha value is -1.36. The van der Waals surface area contributed by atoms with Gasteiger partial charge in [0.15, 0.2) is 0 Å². The Bertz CT molecular complexity index is 356. The number of carboxylic acid groups (broad SMARTS) is 1. The van der Waals surface area contributed by atoms with Crippen molar-refractivity contribution in [2.75, 3.05) is 13.1 Å². The first-order chi connectivity index (χ1) is 7.77. The molecule has 1 unspecified atom stereocenters. The highest BCUT2D eigenvalue weighted by atomic mass is 16.4. The number of nitrogens with zero attached hydrogens (tertiary/aromatic N) is 2. The number of nitrogens with one attached hydrogen (secondary N) is 1. The number of carbonyl (C=O) groups is 1. The lowest BCUT2D eigenvalue weighted by molar-refractivity contribution is -0.137. The summed E-state index contributed by atoms with van der Waals surface area (Å²) in [6, 6.07) is 2.30. The first kappa shape index (κ1) is 11.1. The molecule has 0 aliphatic carbocycles. The molecule has 0 bridgehead atoms. The molecule has 5 nitrogen and oxygen atoms in total. The van der Waals surface area contributed by atoms with E-state index in [0.717, 1.165) is 31.6 Å². The predicted molar refractivity (Wildman–Crippen MR) is 59.3 cm³/mol. The number of hydrogen-bond acceptors (Lipinski definition) is 3. The molecule has 1 aliphatic rings. The molecule has 1 atom stereocenters. The Morgan fingerprint density at radius 1 is 1.69 bits per heavy atom. The highest BCUT2D eigenvalue weighted by Crippen LogP contribution is 2.18. The number of rotatable bonds is 4. The molecule has 16 heavy (non-hydrogen) atoms. The van der Waals surface area contributed by atoms with Crippen molar-refractivity contribution < 1.29 is 9.90 Å². The Labute approximate surface area is 94.5 Å². The second kappa shape index (κ2) is 5.12. The number of aliphatic carboxylic acids is 1. The van der Waals surface area contributed by atoms with Crippen LogP contribution < -0.4 is 5.32 Å². The van der Waals surface area contributed by atoms with E-state index < -0.39 is 5.97 Å². The van der Waals surface area contributed by atoms with Gasteiger partial charge in [-0.25, -0.2) is 0 Å². The summed E-state index contributed by atoms with van der Waals surface area (Å²) in [6.07, 6.45) is 4.76. The number of aromatic nitrogens is 2. The summed E-state index contributed by atoms with van der Waals surface area (Å²) >= 11 is 0. The van der Waals surface area contributed by atoms with Gasteiger partial charge in [0.2, 0.25) is 0 Å². The lowest BCUT2D eigenvalue weighted by atomic mass is 10.1. The Balaban J connectivity index is 2.02. The fourth-order valence-electron chi connectivity index (χ4n) is 2.15. The molecule has 2 N–H and O–H groups in total.